The first-order chi connectivity index (χ1) is 6.22. The molecule has 0 spiro atoms. The molecular weight excluding hydrogens is 207 g/mol. The van der Waals surface area contributed by atoms with Crippen LogP contribution in [-0.4, -0.2) is 11.4 Å². The minimum Gasteiger partial charge on any atom is -0.506 e. The molecule has 13 heavy (non-hydrogen) atoms. The molecule has 0 aliphatic heterocycles. The zero-order valence-corrected chi connectivity index (χ0v) is 8.51. The van der Waals surface area contributed by atoms with Crippen LogP contribution in [0.1, 0.15) is 0 Å². The van der Waals surface area contributed by atoms with Crippen molar-refractivity contribution in [2.24, 2.45) is 0 Å². The third kappa shape index (κ3) is 1.40. The summed E-state index contributed by atoms with van der Waals surface area (Å²) in [7, 11) is 0. The fourth-order valence-electron chi connectivity index (χ4n) is 1.21. The summed E-state index contributed by atoms with van der Waals surface area (Å²) in [6.45, 7) is 0. The van der Waals surface area contributed by atoms with E-state index in [1.807, 2.05) is 12.3 Å². The van der Waals surface area contributed by atoms with Gasteiger partial charge in [0.25, 0.3) is 0 Å². The van der Waals surface area contributed by atoms with Gasteiger partial charge in [0, 0.05) is 15.0 Å². The molecule has 0 saturated carbocycles. The standard InChI is InChI=1S/C9H7FOS2/c1-12-7-3-2-6-5(9(7)11)4-8(10)13-6/h2-4,11H,1H3. The summed E-state index contributed by atoms with van der Waals surface area (Å²) in [6, 6.07) is 5.00. The van der Waals surface area contributed by atoms with E-state index in [9.17, 15) is 9.50 Å². The van der Waals surface area contributed by atoms with E-state index < -0.39 is 0 Å². The largest absolute Gasteiger partial charge is 0.506 e. The zero-order chi connectivity index (χ0) is 9.42. The van der Waals surface area contributed by atoms with Crippen molar-refractivity contribution in [2.75, 3.05) is 6.26 Å². The normalized spacial score (nSPS) is 10.9. The molecule has 1 aromatic heterocycles. The van der Waals surface area contributed by atoms with Crippen LogP contribution >= 0.6 is 23.1 Å². The second-order valence-corrected chi connectivity index (χ2v) is 4.46. The van der Waals surface area contributed by atoms with E-state index in [1.54, 1.807) is 6.07 Å². The lowest BCUT2D eigenvalue weighted by Crippen LogP contribution is -1.72. The third-order valence-electron chi connectivity index (χ3n) is 1.83. The monoisotopic (exact) mass is 214 g/mol. The molecule has 0 saturated heterocycles. The fourth-order valence-corrected chi connectivity index (χ4v) is 2.51. The lowest BCUT2D eigenvalue weighted by Gasteiger charge is -2.00. The molecule has 0 bridgehead atoms. The maximum absolute atomic E-state index is 12.8. The Kier molecular flexibility index (Phi) is 2.17. The molecule has 4 heteroatoms. The number of thiophene rings is 1. The van der Waals surface area contributed by atoms with Crippen molar-refractivity contribution >= 4 is 33.2 Å². The smallest absolute Gasteiger partial charge is 0.177 e. The second-order valence-electron chi connectivity index (χ2n) is 2.58. The highest BCUT2D eigenvalue weighted by Crippen LogP contribution is 2.37. The van der Waals surface area contributed by atoms with Crippen LogP contribution in [-0.2, 0) is 0 Å². The first-order valence-corrected chi connectivity index (χ1v) is 5.71. The van der Waals surface area contributed by atoms with Gasteiger partial charge < -0.3 is 5.11 Å². The molecule has 0 amide bonds. The summed E-state index contributed by atoms with van der Waals surface area (Å²) in [5, 5.41) is 10.0. The number of thioether (sulfide) groups is 1. The SMILES string of the molecule is CSc1ccc2sc(F)cc2c1O. The summed E-state index contributed by atoms with van der Waals surface area (Å²) >= 11 is 2.50. The van der Waals surface area contributed by atoms with E-state index in [0.29, 0.717) is 5.39 Å². The van der Waals surface area contributed by atoms with Crippen molar-refractivity contribution in [3.05, 3.63) is 23.3 Å². The number of phenolic OH excluding ortho intramolecular Hbond substituents is 1. The minimum atomic E-state index is -0.261. The van der Waals surface area contributed by atoms with Crippen LogP contribution in [0.2, 0.25) is 0 Å². The van der Waals surface area contributed by atoms with Crippen molar-refractivity contribution in [3.8, 4) is 5.75 Å². The van der Waals surface area contributed by atoms with Crippen LogP contribution in [0.25, 0.3) is 10.1 Å². The fraction of sp³-hybridized carbons (Fsp3) is 0.111. The van der Waals surface area contributed by atoms with Crippen molar-refractivity contribution < 1.29 is 9.50 Å². The number of benzene rings is 1. The molecule has 1 heterocycles. The highest BCUT2D eigenvalue weighted by molar-refractivity contribution is 7.98. The molecule has 2 rings (SSSR count). The zero-order valence-electron chi connectivity index (χ0n) is 6.87. The first kappa shape index (κ1) is 8.84. The van der Waals surface area contributed by atoms with Gasteiger partial charge in [-0.3, -0.25) is 0 Å². The molecule has 0 atom stereocenters. The van der Waals surface area contributed by atoms with Crippen molar-refractivity contribution in [1.82, 2.24) is 0 Å². The number of halogens is 1. The van der Waals surface area contributed by atoms with Crippen molar-refractivity contribution in [1.29, 1.82) is 0 Å². The maximum Gasteiger partial charge on any atom is 0.177 e. The van der Waals surface area contributed by atoms with Gasteiger partial charge in [0.05, 0.1) is 0 Å². The first-order valence-electron chi connectivity index (χ1n) is 3.67. The Hall–Kier alpha value is -0.740. The molecule has 0 aliphatic carbocycles. The van der Waals surface area contributed by atoms with Crippen LogP contribution in [0.15, 0.2) is 23.1 Å². The summed E-state index contributed by atoms with van der Waals surface area (Å²) in [6.07, 6.45) is 1.88. The van der Waals surface area contributed by atoms with E-state index in [0.717, 1.165) is 20.9 Å². The van der Waals surface area contributed by atoms with Crippen LogP contribution in [0.3, 0.4) is 0 Å². The number of rotatable bonds is 1. The van der Waals surface area contributed by atoms with Crippen LogP contribution in [0, 0.1) is 5.13 Å². The minimum absolute atomic E-state index is 0.185. The van der Waals surface area contributed by atoms with E-state index in [2.05, 4.69) is 0 Å². The summed E-state index contributed by atoms with van der Waals surface area (Å²) in [5.41, 5.74) is 0. The Morgan fingerprint density at radius 2 is 2.23 bits per heavy atom. The lowest BCUT2D eigenvalue weighted by molar-refractivity contribution is 0.469. The van der Waals surface area contributed by atoms with Gasteiger partial charge in [-0.05, 0) is 24.5 Å². The van der Waals surface area contributed by atoms with Gasteiger partial charge in [0.15, 0.2) is 5.13 Å². The number of phenols is 1. The van der Waals surface area contributed by atoms with Gasteiger partial charge >= 0.3 is 0 Å². The quantitative estimate of drug-likeness (QED) is 0.733. The van der Waals surface area contributed by atoms with E-state index in [4.69, 9.17) is 0 Å². The Labute approximate surface area is 83.2 Å². The molecular formula is C9H7FOS2. The van der Waals surface area contributed by atoms with Crippen LogP contribution in [0.4, 0.5) is 4.39 Å². The lowest BCUT2D eigenvalue weighted by atomic mass is 10.2. The average molecular weight is 214 g/mol. The number of fused-ring (bicyclic) bond motifs is 1. The second kappa shape index (κ2) is 3.20. The van der Waals surface area contributed by atoms with E-state index in [1.165, 1.54) is 17.8 Å². The van der Waals surface area contributed by atoms with Gasteiger partial charge in [-0.1, -0.05) is 0 Å². The van der Waals surface area contributed by atoms with Crippen molar-refractivity contribution in [2.45, 2.75) is 4.90 Å². The molecule has 0 unspecified atom stereocenters. The van der Waals surface area contributed by atoms with Crippen LogP contribution < -0.4 is 0 Å². The predicted octanol–water partition coefficient (Wildman–Crippen LogP) is 3.47. The van der Waals surface area contributed by atoms with Gasteiger partial charge in [-0.15, -0.1) is 23.1 Å². The van der Waals surface area contributed by atoms with E-state index in [-0.39, 0.29) is 10.9 Å². The molecule has 0 radical (unpaired) electrons. The Morgan fingerprint density at radius 3 is 2.92 bits per heavy atom. The van der Waals surface area contributed by atoms with Crippen molar-refractivity contribution in [3.63, 3.8) is 0 Å². The van der Waals surface area contributed by atoms with E-state index >= 15 is 0 Å². The predicted molar refractivity (Wildman–Crippen MR) is 55.2 cm³/mol. The molecule has 1 nitrogen and oxygen atoms in total. The summed E-state index contributed by atoms with van der Waals surface area (Å²) < 4.78 is 13.6. The molecule has 1 aromatic carbocycles. The number of aromatic hydroxyl groups is 1. The molecule has 68 valence electrons. The van der Waals surface area contributed by atoms with Gasteiger partial charge in [-0.2, -0.15) is 4.39 Å². The van der Waals surface area contributed by atoms with Gasteiger partial charge in [0.1, 0.15) is 5.75 Å². The van der Waals surface area contributed by atoms with Gasteiger partial charge in [-0.25, -0.2) is 0 Å². The topological polar surface area (TPSA) is 20.2 Å². The highest BCUT2D eigenvalue weighted by atomic mass is 32.2. The third-order valence-corrected chi connectivity index (χ3v) is 3.48. The Morgan fingerprint density at radius 1 is 1.46 bits per heavy atom. The summed E-state index contributed by atoms with van der Waals surface area (Å²) in [5.74, 6) is 0.185. The highest BCUT2D eigenvalue weighted by Gasteiger charge is 2.08. The average Bonchev–Trinajstić information content (AvgIpc) is 2.47. The van der Waals surface area contributed by atoms with Gasteiger partial charge in [0.2, 0.25) is 0 Å². The van der Waals surface area contributed by atoms with Crippen LogP contribution in [0.5, 0.6) is 5.75 Å². The molecule has 0 aliphatic rings. The Balaban J connectivity index is 2.78. The summed E-state index contributed by atoms with van der Waals surface area (Å²) in [4.78, 5) is 0.783. The molecule has 1 N–H and O–H groups in total. The molecule has 0 fully saturated rings. The number of hydrogen-bond donors (Lipinski definition) is 1. The number of hydrogen-bond acceptors (Lipinski definition) is 3. The maximum atomic E-state index is 12.8. The Bertz CT molecular complexity index is 450. The molecule has 2 aromatic rings.